The van der Waals surface area contributed by atoms with Crippen LogP contribution in [0.2, 0.25) is 0 Å². The third-order valence-corrected chi connectivity index (χ3v) is 6.75. The highest BCUT2D eigenvalue weighted by atomic mass is 16.5. The van der Waals surface area contributed by atoms with Crippen molar-refractivity contribution in [2.75, 3.05) is 11.9 Å². The number of fused-ring (bicyclic) bond motifs is 3. The van der Waals surface area contributed by atoms with Gasteiger partial charge in [0.15, 0.2) is 12.3 Å². The van der Waals surface area contributed by atoms with Gasteiger partial charge in [0.05, 0.1) is 16.8 Å². The second-order valence-corrected chi connectivity index (χ2v) is 9.29. The number of furan rings is 1. The van der Waals surface area contributed by atoms with Crippen LogP contribution in [0.25, 0.3) is 22.0 Å². The summed E-state index contributed by atoms with van der Waals surface area (Å²) in [4.78, 5) is 48.9. The van der Waals surface area contributed by atoms with Crippen LogP contribution in [-0.4, -0.2) is 39.3 Å². The molecule has 1 aliphatic rings. The molecule has 4 heterocycles. The van der Waals surface area contributed by atoms with Gasteiger partial charge in [-0.2, -0.15) is 0 Å². The molecular formula is C28H24N6O5. The maximum atomic E-state index is 13.0. The molecule has 196 valence electrons. The van der Waals surface area contributed by atoms with Gasteiger partial charge in [-0.05, 0) is 54.8 Å². The van der Waals surface area contributed by atoms with Crippen LogP contribution in [-0.2, 0) is 17.9 Å². The number of benzene rings is 2. The van der Waals surface area contributed by atoms with Crippen LogP contribution in [0.4, 0.5) is 5.69 Å². The van der Waals surface area contributed by atoms with Gasteiger partial charge >= 0.3 is 0 Å². The van der Waals surface area contributed by atoms with Gasteiger partial charge < -0.3 is 30.1 Å². The fraction of sp³-hybridized carbons (Fsp3) is 0.179. The minimum absolute atomic E-state index is 0.0244. The van der Waals surface area contributed by atoms with Gasteiger partial charge in [0.25, 0.3) is 17.7 Å². The smallest absolute Gasteiger partial charge is 0.272 e. The number of aryl methyl sites for hydroxylation is 2. The number of carbonyl (C=O) groups excluding carboxylic acids is 3. The maximum Gasteiger partial charge on any atom is 0.272 e. The predicted molar refractivity (Wildman–Crippen MR) is 142 cm³/mol. The molecule has 0 spiro atoms. The van der Waals surface area contributed by atoms with E-state index in [2.05, 4.69) is 30.9 Å². The molecule has 0 saturated heterocycles. The van der Waals surface area contributed by atoms with Crippen LogP contribution in [0, 0.1) is 13.8 Å². The molecule has 0 aliphatic carbocycles. The highest BCUT2D eigenvalue weighted by Crippen LogP contribution is 2.29. The number of anilines is 1. The molecule has 11 heteroatoms. The van der Waals surface area contributed by atoms with Crippen molar-refractivity contribution in [3.05, 3.63) is 82.6 Å². The van der Waals surface area contributed by atoms with Crippen LogP contribution < -0.4 is 20.7 Å². The van der Waals surface area contributed by atoms with E-state index in [1.807, 2.05) is 32.0 Å². The quantitative estimate of drug-likeness (QED) is 0.265. The number of hydrogen-bond donors (Lipinski definition) is 4. The minimum Gasteiger partial charge on any atom is -0.482 e. The number of rotatable bonds is 6. The lowest BCUT2D eigenvalue weighted by Crippen LogP contribution is -2.26. The molecule has 0 bridgehead atoms. The summed E-state index contributed by atoms with van der Waals surface area (Å²) in [6.45, 7) is 4.42. The SMILES string of the molecule is Cc1oc2ccc(CNC(=O)c3c[nH]c4c(C(=O)NCc5ccc6c(c5)NC(=O)CO6)ncnc34)cc2c1C. The Hall–Kier alpha value is -5.19. The van der Waals surface area contributed by atoms with Gasteiger partial charge in [-0.25, -0.2) is 9.97 Å². The molecule has 39 heavy (non-hydrogen) atoms. The number of amides is 3. The van der Waals surface area contributed by atoms with Crippen LogP contribution >= 0.6 is 0 Å². The molecular weight excluding hydrogens is 500 g/mol. The number of aromatic nitrogens is 3. The number of aromatic amines is 1. The summed E-state index contributed by atoms with van der Waals surface area (Å²) in [5.74, 6) is 0.447. The van der Waals surface area contributed by atoms with Crippen LogP contribution in [0.5, 0.6) is 5.75 Å². The Balaban J connectivity index is 1.15. The van der Waals surface area contributed by atoms with Crippen molar-refractivity contribution < 1.29 is 23.5 Å². The monoisotopic (exact) mass is 524 g/mol. The molecule has 4 N–H and O–H groups in total. The Morgan fingerprint density at radius 3 is 2.62 bits per heavy atom. The third-order valence-electron chi connectivity index (χ3n) is 6.75. The van der Waals surface area contributed by atoms with Crippen molar-refractivity contribution in [3.8, 4) is 5.75 Å². The first-order chi connectivity index (χ1) is 18.9. The molecule has 0 fully saturated rings. The number of H-pyrrole nitrogens is 1. The van der Waals surface area contributed by atoms with E-state index in [1.165, 1.54) is 12.5 Å². The molecule has 0 atom stereocenters. The van der Waals surface area contributed by atoms with E-state index in [9.17, 15) is 14.4 Å². The topological polar surface area (TPSA) is 151 Å². The van der Waals surface area contributed by atoms with E-state index in [0.717, 1.165) is 33.4 Å². The van der Waals surface area contributed by atoms with Gasteiger partial charge in [-0.15, -0.1) is 0 Å². The number of nitrogens with zero attached hydrogens (tertiary/aromatic N) is 2. The van der Waals surface area contributed by atoms with Crippen molar-refractivity contribution in [2.24, 2.45) is 0 Å². The second kappa shape index (κ2) is 9.60. The summed E-state index contributed by atoms with van der Waals surface area (Å²) >= 11 is 0. The van der Waals surface area contributed by atoms with Crippen LogP contribution in [0.1, 0.15) is 43.3 Å². The predicted octanol–water partition coefficient (Wildman–Crippen LogP) is 3.51. The Morgan fingerprint density at radius 2 is 1.77 bits per heavy atom. The Labute approximate surface area is 222 Å². The normalized spacial score (nSPS) is 12.6. The summed E-state index contributed by atoms with van der Waals surface area (Å²) < 4.78 is 11.1. The van der Waals surface area contributed by atoms with Gasteiger partial charge in [0, 0.05) is 24.7 Å². The molecule has 6 rings (SSSR count). The fourth-order valence-corrected chi connectivity index (χ4v) is 4.57. The highest BCUT2D eigenvalue weighted by Gasteiger charge is 2.20. The molecule has 0 saturated carbocycles. The van der Waals surface area contributed by atoms with Crippen molar-refractivity contribution in [1.82, 2.24) is 25.6 Å². The highest BCUT2D eigenvalue weighted by molar-refractivity contribution is 6.10. The molecule has 2 aromatic carbocycles. The molecule has 1 aliphatic heterocycles. The standard InChI is InChI=1S/C28H24N6O5/c1-14-15(2)39-21-5-3-16(7-18(14)21)9-30-27(36)19-11-29-25-24(19)32-13-33-26(25)28(37)31-10-17-4-6-22-20(8-17)34-23(35)12-38-22/h3-8,11,13,29H,9-10,12H2,1-2H3,(H,30,36)(H,31,37)(H,34,35). The van der Waals surface area contributed by atoms with E-state index in [-0.39, 0.29) is 30.7 Å². The Bertz CT molecular complexity index is 1790. The maximum absolute atomic E-state index is 13.0. The van der Waals surface area contributed by atoms with Crippen molar-refractivity contribution in [1.29, 1.82) is 0 Å². The number of ether oxygens (including phenoxy) is 1. The number of nitrogens with one attached hydrogen (secondary N) is 4. The molecule has 0 unspecified atom stereocenters. The zero-order valence-corrected chi connectivity index (χ0v) is 21.2. The first-order valence-electron chi connectivity index (χ1n) is 12.3. The zero-order valence-electron chi connectivity index (χ0n) is 21.2. The first kappa shape index (κ1) is 24.2. The summed E-state index contributed by atoms with van der Waals surface area (Å²) in [5, 5.41) is 9.50. The van der Waals surface area contributed by atoms with Gasteiger partial charge in [0.1, 0.15) is 28.9 Å². The molecule has 3 amide bonds. The fourth-order valence-electron chi connectivity index (χ4n) is 4.57. The molecule has 0 radical (unpaired) electrons. The summed E-state index contributed by atoms with van der Waals surface area (Å²) in [6.07, 6.45) is 2.77. The largest absolute Gasteiger partial charge is 0.482 e. The van der Waals surface area contributed by atoms with E-state index in [1.54, 1.807) is 18.2 Å². The van der Waals surface area contributed by atoms with Gasteiger partial charge in [-0.3, -0.25) is 14.4 Å². The Kier molecular flexibility index (Phi) is 5.95. The van der Waals surface area contributed by atoms with E-state index < -0.39 is 5.91 Å². The lowest BCUT2D eigenvalue weighted by atomic mass is 10.1. The first-order valence-corrected chi connectivity index (χ1v) is 12.3. The lowest BCUT2D eigenvalue weighted by molar-refractivity contribution is -0.118. The van der Waals surface area contributed by atoms with E-state index >= 15 is 0 Å². The van der Waals surface area contributed by atoms with Crippen LogP contribution in [0.15, 0.2) is 53.3 Å². The van der Waals surface area contributed by atoms with E-state index in [4.69, 9.17) is 9.15 Å². The zero-order chi connectivity index (χ0) is 27.1. The average molecular weight is 525 g/mol. The van der Waals surface area contributed by atoms with Crippen LogP contribution in [0.3, 0.4) is 0 Å². The Morgan fingerprint density at radius 1 is 1.00 bits per heavy atom. The average Bonchev–Trinajstić information content (AvgIpc) is 3.50. The second-order valence-electron chi connectivity index (χ2n) is 9.29. The lowest BCUT2D eigenvalue weighted by Gasteiger charge is -2.18. The summed E-state index contributed by atoms with van der Waals surface area (Å²) in [7, 11) is 0. The molecule has 5 aromatic rings. The molecule has 11 nitrogen and oxygen atoms in total. The van der Waals surface area contributed by atoms with Crippen molar-refractivity contribution in [2.45, 2.75) is 26.9 Å². The number of carbonyl (C=O) groups is 3. The molecule has 3 aromatic heterocycles. The number of hydrogen-bond acceptors (Lipinski definition) is 7. The van der Waals surface area contributed by atoms with Gasteiger partial charge in [-0.1, -0.05) is 12.1 Å². The summed E-state index contributed by atoms with van der Waals surface area (Å²) in [5.41, 5.74) is 5.27. The van der Waals surface area contributed by atoms with Gasteiger partial charge in [0.2, 0.25) is 0 Å². The van der Waals surface area contributed by atoms with Crippen molar-refractivity contribution >= 4 is 45.4 Å². The van der Waals surface area contributed by atoms with E-state index in [0.29, 0.717) is 34.6 Å². The third kappa shape index (κ3) is 4.54. The minimum atomic E-state index is -0.437. The summed E-state index contributed by atoms with van der Waals surface area (Å²) in [6, 6.07) is 11.1. The van der Waals surface area contributed by atoms with Crippen molar-refractivity contribution in [3.63, 3.8) is 0 Å².